The van der Waals surface area contributed by atoms with Crippen LogP contribution in [0.15, 0.2) is 82.7 Å². The van der Waals surface area contributed by atoms with E-state index < -0.39 is 0 Å². The van der Waals surface area contributed by atoms with E-state index in [9.17, 15) is 4.79 Å². The molecule has 32 heavy (non-hydrogen) atoms. The van der Waals surface area contributed by atoms with Gasteiger partial charge >= 0.3 is 0 Å². The summed E-state index contributed by atoms with van der Waals surface area (Å²) in [5, 5.41) is 10.2. The number of hydrogen-bond donors (Lipinski definition) is 0. The fraction of sp³-hybridized carbons (Fsp3) is 0.160. The van der Waals surface area contributed by atoms with Gasteiger partial charge in [0.25, 0.3) is 5.56 Å². The van der Waals surface area contributed by atoms with Crippen molar-refractivity contribution in [1.29, 1.82) is 0 Å². The molecule has 5 rings (SSSR count). The third-order valence-corrected chi connectivity index (χ3v) is 6.31. The van der Waals surface area contributed by atoms with Crippen LogP contribution in [0.1, 0.15) is 11.1 Å². The number of aryl methyl sites for hydroxylation is 2. The summed E-state index contributed by atoms with van der Waals surface area (Å²) < 4.78 is 9.54. The molecule has 0 spiro atoms. The largest absolute Gasteiger partial charge is 0.492 e. The topological polar surface area (TPSA) is 61.4 Å². The normalized spacial score (nSPS) is 11.3. The van der Waals surface area contributed by atoms with Crippen molar-refractivity contribution in [2.45, 2.75) is 19.0 Å². The van der Waals surface area contributed by atoms with Gasteiger partial charge in [0.1, 0.15) is 5.75 Å². The zero-order valence-electron chi connectivity index (χ0n) is 17.9. The molecular weight excluding hydrogens is 420 g/mol. The van der Waals surface area contributed by atoms with Gasteiger partial charge in [0.05, 0.1) is 23.2 Å². The Morgan fingerprint density at radius 1 is 0.875 bits per heavy atom. The summed E-state index contributed by atoms with van der Waals surface area (Å²) in [5.74, 6) is 2.09. The van der Waals surface area contributed by atoms with Crippen molar-refractivity contribution in [3.8, 4) is 11.4 Å². The molecule has 0 unspecified atom stereocenters. The Hall–Kier alpha value is -3.58. The molecule has 6 nitrogen and oxygen atoms in total. The SMILES string of the molecule is Cc1ccccc1OCCSc1nnc2n(-c3ccccc3C)c(=O)c3ccccc3n12. The molecule has 0 bridgehead atoms. The zero-order chi connectivity index (χ0) is 22.1. The van der Waals surface area contributed by atoms with Crippen molar-refractivity contribution in [2.24, 2.45) is 0 Å². The molecule has 0 atom stereocenters. The zero-order valence-corrected chi connectivity index (χ0v) is 18.7. The molecule has 160 valence electrons. The third kappa shape index (κ3) is 3.54. The van der Waals surface area contributed by atoms with Gasteiger partial charge in [-0.1, -0.05) is 60.3 Å². The van der Waals surface area contributed by atoms with Gasteiger partial charge in [0.2, 0.25) is 5.78 Å². The van der Waals surface area contributed by atoms with E-state index in [1.165, 1.54) is 0 Å². The second-order valence-corrected chi connectivity index (χ2v) is 8.59. The molecule has 0 aliphatic heterocycles. The summed E-state index contributed by atoms with van der Waals surface area (Å²) in [4.78, 5) is 13.4. The van der Waals surface area contributed by atoms with Crippen molar-refractivity contribution < 1.29 is 4.74 Å². The van der Waals surface area contributed by atoms with Crippen LogP contribution >= 0.6 is 11.8 Å². The van der Waals surface area contributed by atoms with Gasteiger partial charge in [0.15, 0.2) is 5.16 Å². The Morgan fingerprint density at radius 3 is 2.41 bits per heavy atom. The van der Waals surface area contributed by atoms with Crippen LogP contribution in [0.5, 0.6) is 5.75 Å². The summed E-state index contributed by atoms with van der Waals surface area (Å²) >= 11 is 1.56. The summed E-state index contributed by atoms with van der Waals surface area (Å²) in [6, 6.07) is 23.4. The lowest BCUT2D eigenvalue weighted by molar-refractivity contribution is 0.341. The maximum Gasteiger partial charge on any atom is 0.267 e. The molecule has 7 heteroatoms. The van der Waals surface area contributed by atoms with Crippen molar-refractivity contribution in [3.05, 3.63) is 94.3 Å². The van der Waals surface area contributed by atoms with Crippen LogP contribution in [0.3, 0.4) is 0 Å². The molecule has 0 radical (unpaired) electrons. The molecular formula is C25H22N4O2S. The average molecular weight is 443 g/mol. The Balaban J connectivity index is 1.55. The lowest BCUT2D eigenvalue weighted by atomic mass is 10.2. The highest BCUT2D eigenvalue weighted by Crippen LogP contribution is 2.24. The standard InChI is InChI=1S/C25H22N4O2S/c1-17-9-3-6-12-20(17)28-23(30)19-11-5-7-13-21(19)29-24(28)26-27-25(29)32-16-15-31-22-14-8-4-10-18(22)2/h3-14H,15-16H2,1-2H3. The van der Waals surface area contributed by atoms with Crippen molar-refractivity contribution in [2.75, 3.05) is 12.4 Å². The number of rotatable bonds is 6. The fourth-order valence-electron chi connectivity index (χ4n) is 3.81. The molecule has 2 heterocycles. The van der Waals surface area contributed by atoms with Gasteiger partial charge in [-0.15, -0.1) is 10.2 Å². The summed E-state index contributed by atoms with van der Waals surface area (Å²) in [6.07, 6.45) is 0. The van der Waals surface area contributed by atoms with Gasteiger partial charge in [-0.2, -0.15) is 0 Å². The minimum absolute atomic E-state index is 0.103. The van der Waals surface area contributed by atoms with Crippen molar-refractivity contribution >= 4 is 28.4 Å². The number of nitrogens with zero attached hydrogens (tertiary/aromatic N) is 4. The number of para-hydroxylation sites is 3. The Bertz CT molecular complexity index is 1490. The minimum atomic E-state index is -0.103. The van der Waals surface area contributed by atoms with E-state index in [1.54, 1.807) is 16.3 Å². The molecule has 0 aliphatic rings. The molecule has 0 saturated heterocycles. The molecule has 0 saturated carbocycles. The van der Waals surface area contributed by atoms with Gasteiger partial charge in [0, 0.05) is 5.75 Å². The number of benzene rings is 3. The monoisotopic (exact) mass is 442 g/mol. The molecule has 2 aromatic heterocycles. The van der Waals surface area contributed by atoms with Gasteiger partial charge in [-0.05, 0) is 49.2 Å². The first kappa shape index (κ1) is 20.3. The second-order valence-electron chi connectivity index (χ2n) is 7.52. The van der Waals surface area contributed by atoms with E-state index in [2.05, 4.69) is 10.2 Å². The van der Waals surface area contributed by atoms with Crippen molar-refractivity contribution in [3.63, 3.8) is 0 Å². The lowest BCUT2D eigenvalue weighted by Crippen LogP contribution is -2.22. The molecule has 0 fully saturated rings. The smallest absolute Gasteiger partial charge is 0.267 e. The summed E-state index contributed by atoms with van der Waals surface area (Å²) in [6.45, 7) is 4.56. The highest BCUT2D eigenvalue weighted by molar-refractivity contribution is 7.99. The third-order valence-electron chi connectivity index (χ3n) is 5.42. The van der Waals surface area contributed by atoms with E-state index in [0.29, 0.717) is 23.5 Å². The quantitative estimate of drug-likeness (QED) is 0.279. The van der Waals surface area contributed by atoms with Gasteiger partial charge in [-0.3, -0.25) is 9.20 Å². The molecule has 5 aromatic rings. The first-order valence-electron chi connectivity index (χ1n) is 10.4. The number of thioether (sulfide) groups is 1. The fourth-order valence-corrected chi connectivity index (χ4v) is 4.56. The molecule has 0 aliphatic carbocycles. The van der Waals surface area contributed by atoms with E-state index >= 15 is 0 Å². The predicted molar refractivity (Wildman–Crippen MR) is 128 cm³/mol. The van der Waals surface area contributed by atoms with E-state index in [-0.39, 0.29) is 5.56 Å². The summed E-state index contributed by atoms with van der Waals surface area (Å²) in [5.41, 5.74) is 3.60. The van der Waals surface area contributed by atoms with E-state index in [4.69, 9.17) is 4.74 Å². The van der Waals surface area contributed by atoms with Crippen LogP contribution < -0.4 is 10.3 Å². The van der Waals surface area contributed by atoms with Crippen LogP contribution in [-0.4, -0.2) is 31.5 Å². The van der Waals surface area contributed by atoms with Crippen LogP contribution in [-0.2, 0) is 0 Å². The number of fused-ring (bicyclic) bond motifs is 3. The first-order valence-corrected chi connectivity index (χ1v) is 11.4. The summed E-state index contributed by atoms with van der Waals surface area (Å²) in [7, 11) is 0. The van der Waals surface area contributed by atoms with E-state index in [1.807, 2.05) is 91.0 Å². The maximum absolute atomic E-state index is 13.4. The van der Waals surface area contributed by atoms with Gasteiger partial charge in [-0.25, -0.2) is 4.57 Å². The number of ether oxygens (including phenoxy) is 1. The second kappa shape index (κ2) is 8.51. The Labute approximate surface area is 189 Å². The number of hydrogen-bond acceptors (Lipinski definition) is 5. The van der Waals surface area contributed by atoms with Crippen LogP contribution in [0.25, 0.3) is 22.4 Å². The predicted octanol–water partition coefficient (Wildman–Crippen LogP) is 4.82. The Morgan fingerprint density at radius 2 is 1.59 bits per heavy atom. The Kier molecular flexibility index (Phi) is 5.41. The highest BCUT2D eigenvalue weighted by Gasteiger charge is 2.18. The van der Waals surface area contributed by atoms with Crippen LogP contribution in [0.4, 0.5) is 0 Å². The number of aromatic nitrogens is 4. The maximum atomic E-state index is 13.4. The minimum Gasteiger partial charge on any atom is -0.492 e. The van der Waals surface area contributed by atoms with E-state index in [0.717, 1.165) is 33.2 Å². The molecule has 3 aromatic carbocycles. The van der Waals surface area contributed by atoms with Crippen LogP contribution in [0.2, 0.25) is 0 Å². The van der Waals surface area contributed by atoms with Crippen LogP contribution in [0, 0.1) is 13.8 Å². The lowest BCUT2D eigenvalue weighted by Gasteiger charge is -2.13. The highest BCUT2D eigenvalue weighted by atomic mass is 32.2. The van der Waals surface area contributed by atoms with Crippen molar-refractivity contribution in [1.82, 2.24) is 19.2 Å². The average Bonchev–Trinajstić information content (AvgIpc) is 3.23. The molecule has 0 N–H and O–H groups in total. The molecule has 0 amide bonds. The van der Waals surface area contributed by atoms with Gasteiger partial charge < -0.3 is 4.74 Å². The first-order chi connectivity index (χ1) is 15.6.